The Bertz CT molecular complexity index is 566. The van der Waals surface area contributed by atoms with Crippen LogP contribution in [0.5, 0.6) is 0 Å². The zero-order chi connectivity index (χ0) is 14.2. The van der Waals surface area contributed by atoms with Crippen LogP contribution in [0.3, 0.4) is 0 Å². The molecule has 3 nitrogen and oxygen atoms in total. The van der Waals surface area contributed by atoms with Crippen LogP contribution in [0.1, 0.15) is 37.3 Å². The quantitative estimate of drug-likeness (QED) is 0.929. The fraction of sp³-hybridized carbons (Fsp3) is 0.600. The van der Waals surface area contributed by atoms with Crippen LogP contribution >= 0.6 is 11.6 Å². The number of rotatable bonds is 4. The van der Waals surface area contributed by atoms with E-state index in [4.69, 9.17) is 11.6 Å². The predicted molar refractivity (Wildman–Crippen MR) is 81.7 cm³/mol. The van der Waals surface area contributed by atoms with Gasteiger partial charge in [0.2, 0.25) is 0 Å². The van der Waals surface area contributed by atoms with Gasteiger partial charge in [0.05, 0.1) is 11.5 Å². The zero-order valence-corrected chi connectivity index (χ0v) is 13.0. The van der Waals surface area contributed by atoms with Gasteiger partial charge in [-0.05, 0) is 49.3 Å². The van der Waals surface area contributed by atoms with Crippen LogP contribution in [0.25, 0.3) is 0 Å². The van der Waals surface area contributed by atoms with Crippen molar-refractivity contribution in [2.24, 2.45) is 5.92 Å². The van der Waals surface area contributed by atoms with Gasteiger partial charge in [-0.25, -0.2) is 8.42 Å². The number of halogens is 1. The minimum Gasteiger partial charge on any atom is -0.306 e. The average molecular weight is 314 g/mol. The first kappa shape index (κ1) is 14.4. The van der Waals surface area contributed by atoms with Crippen molar-refractivity contribution in [1.82, 2.24) is 5.32 Å². The number of benzene rings is 1. The highest BCUT2D eigenvalue weighted by atomic mass is 35.5. The van der Waals surface area contributed by atoms with Crippen LogP contribution in [0.2, 0.25) is 5.02 Å². The van der Waals surface area contributed by atoms with E-state index in [9.17, 15) is 8.42 Å². The molecule has 2 fully saturated rings. The molecular formula is C15H20ClNO2S. The smallest absolute Gasteiger partial charge is 0.151 e. The van der Waals surface area contributed by atoms with E-state index in [-0.39, 0.29) is 17.8 Å². The van der Waals surface area contributed by atoms with Crippen molar-refractivity contribution >= 4 is 21.4 Å². The van der Waals surface area contributed by atoms with Gasteiger partial charge >= 0.3 is 0 Å². The van der Waals surface area contributed by atoms with Crippen LogP contribution < -0.4 is 5.32 Å². The van der Waals surface area contributed by atoms with E-state index in [1.165, 1.54) is 18.4 Å². The fourth-order valence-electron chi connectivity index (χ4n) is 3.01. The lowest BCUT2D eigenvalue weighted by atomic mass is 10.0. The second kappa shape index (κ2) is 5.66. The molecule has 1 aliphatic heterocycles. The summed E-state index contributed by atoms with van der Waals surface area (Å²) in [5.74, 6) is 1.27. The van der Waals surface area contributed by atoms with E-state index in [1.807, 2.05) is 12.1 Å². The normalized spacial score (nSPS) is 27.1. The third-order valence-electron chi connectivity index (χ3n) is 4.20. The van der Waals surface area contributed by atoms with Crippen molar-refractivity contribution in [3.8, 4) is 0 Å². The molecule has 0 radical (unpaired) electrons. The Kier molecular flexibility index (Phi) is 4.07. The summed E-state index contributed by atoms with van der Waals surface area (Å²) in [6, 6.07) is 8.28. The summed E-state index contributed by atoms with van der Waals surface area (Å²) in [7, 11) is -2.86. The van der Waals surface area contributed by atoms with Crippen LogP contribution in [0, 0.1) is 5.92 Å². The Morgan fingerprint density at radius 3 is 2.45 bits per heavy atom. The zero-order valence-electron chi connectivity index (χ0n) is 11.4. The van der Waals surface area contributed by atoms with E-state index in [2.05, 4.69) is 17.4 Å². The first-order valence-corrected chi connectivity index (χ1v) is 9.45. The molecule has 1 heterocycles. The number of hydrogen-bond donors (Lipinski definition) is 1. The molecular weight excluding hydrogens is 294 g/mol. The number of nitrogens with one attached hydrogen (secondary N) is 1. The molecule has 1 aromatic carbocycles. The summed E-state index contributed by atoms with van der Waals surface area (Å²) in [4.78, 5) is 0. The van der Waals surface area contributed by atoms with Crippen LogP contribution in [-0.2, 0) is 9.84 Å². The molecule has 3 rings (SSSR count). The maximum Gasteiger partial charge on any atom is 0.151 e. The lowest BCUT2D eigenvalue weighted by Crippen LogP contribution is -2.42. The van der Waals surface area contributed by atoms with E-state index in [1.54, 1.807) is 0 Å². The van der Waals surface area contributed by atoms with Gasteiger partial charge in [0, 0.05) is 17.1 Å². The van der Waals surface area contributed by atoms with Crippen molar-refractivity contribution in [3.05, 3.63) is 34.9 Å². The minimum absolute atomic E-state index is 0.0926. The Hall–Kier alpha value is -0.580. The molecule has 1 N–H and O–H groups in total. The summed E-state index contributed by atoms with van der Waals surface area (Å²) in [6.07, 6.45) is 4.17. The van der Waals surface area contributed by atoms with Crippen molar-refractivity contribution < 1.29 is 8.42 Å². The molecule has 0 amide bonds. The van der Waals surface area contributed by atoms with Gasteiger partial charge in [0.25, 0.3) is 0 Å². The van der Waals surface area contributed by atoms with Crippen molar-refractivity contribution in [1.29, 1.82) is 0 Å². The highest BCUT2D eigenvalue weighted by molar-refractivity contribution is 7.91. The van der Waals surface area contributed by atoms with E-state index in [0.717, 1.165) is 17.9 Å². The highest BCUT2D eigenvalue weighted by Gasteiger charge is 2.35. The molecule has 5 heteroatoms. The lowest BCUT2D eigenvalue weighted by molar-refractivity contribution is 0.393. The van der Waals surface area contributed by atoms with Gasteiger partial charge in [-0.3, -0.25) is 0 Å². The third kappa shape index (κ3) is 3.54. The second-order valence-corrected chi connectivity index (χ2v) is 8.65. The monoisotopic (exact) mass is 313 g/mol. The highest BCUT2D eigenvalue weighted by Crippen LogP contribution is 2.41. The van der Waals surface area contributed by atoms with Crippen LogP contribution in [-0.4, -0.2) is 26.0 Å². The molecule has 0 spiro atoms. The molecule has 2 aliphatic rings. The van der Waals surface area contributed by atoms with E-state index < -0.39 is 9.84 Å². The molecule has 2 atom stereocenters. The van der Waals surface area contributed by atoms with Crippen molar-refractivity contribution in [3.63, 3.8) is 0 Å². The van der Waals surface area contributed by atoms with E-state index in [0.29, 0.717) is 11.7 Å². The number of sulfone groups is 1. The standard InChI is InChI=1S/C15H20ClNO2S/c16-13-7-5-12(6-8-13)15(11-3-4-11)17-14-2-1-9-20(18,19)10-14/h5-8,11,14-15,17H,1-4,9-10H2. The summed E-state index contributed by atoms with van der Waals surface area (Å²) in [5.41, 5.74) is 1.22. The minimum atomic E-state index is -2.86. The van der Waals surface area contributed by atoms with Gasteiger partial charge in [0.15, 0.2) is 9.84 Å². The Morgan fingerprint density at radius 1 is 1.15 bits per heavy atom. The topological polar surface area (TPSA) is 46.2 Å². The van der Waals surface area contributed by atoms with Gasteiger partial charge in [-0.15, -0.1) is 0 Å². The number of hydrogen-bond acceptors (Lipinski definition) is 3. The van der Waals surface area contributed by atoms with Crippen molar-refractivity contribution in [2.45, 2.75) is 37.8 Å². The summed E-state index contributed by atoms with van der Waals surface area (Å²) in [6.45, 7) is 0. The first-order chi connectivity index (χ1) is 9.53. The maximum absolute atomic E-state index is 11.8. The molecule has 0 aromatic heterocycles. The predicted octanol–water partition coefficient (Wildman–Crippen LogP) is 2.96. The van der Waals surface area contributed by atoms with Gasteiger partial charge in [0.1, 0.15) is 0 Å². The molecule has 1 aliphatic carbocycles. The molecule has 1 saturated carbocycles. The van der Waals surface area contributed by atoms with Gasteiger partial charge < -0.3 is 5.32 Å². The SMILES string of the molecule is O=S1(=O)CCCC(NC(c2ccc(Cl)cc2)C2CC2)C1. The van der Waals surface area contributed by atoms with Crippen LogP contribution in [0.4, 0.5) is 0 Å². The van der Waals surface area contributed by atoms with E-state index >= 15 is 0 Å². The molecule has 2 unspecified atom stereocenters. The lowest BCUT2D eigenvalue weighted by Gasteiger charge is -2.29. The third-order valence-corrected chi connectivity index (χ3v) is 6.27. The Balaban J connectivity index is 1.73. The molecule has 0 bridgehead atoms. The maximum atomic E-state index is 11.8. The first-order valence-electron chi connectivity index (χ1n) is 7.25. The van der Waals surface area contributed by atoms with Gasteiger partial charge in [-0.2, -0.15) is 0 Å². The molecule has 1 aromatic rings. The summed E-state index contributed by atoms with van der Waals surface area (Å²) < 4.78 is 23.5. The average Bonchev–Trinajstić information content (AvgIpc) is 3.20. The van der Waals surface area contributed by atoms with Gasteiger partial charge in [-0.1, -0.05) is 23.7 Å². The largest absolute Gasteiger partial charge is 0.306 e. The Morgan fingerprint density at radius 2 is 1.85 bits per heavy atom. The molecule has 1 saturated heterocycles. The molecule has 20 heavy (non-hydrogen) atoms. The Labute approximate surface area is 125 Å². The fourth-order valence-corrected chi connectivity index (χ4v) is 4.79. The second-order valence-electron chi connectivity index (χ2n) is 5.99. The summed E-state index contributed by atoms with van der Waals surface area (Å²) in [5, 5.41) is 4.33. The molecule has 110 valence electrons. The summed E-state index contributed by atoms with van der Waals surface area (Å²) >= 11 is 5.94. The van der Waals surface area contributed by atoms with Crippen molar-refractivity contribution in [2.75, 3.05) is 11.5 Å². The van der Waals surface area contributed by atoms with Crippen LogP contribution in [0.15, 0.2) is 24.3 Å².